The fraction of sp³-hybridized carbons (Fsp3) is 0.537. The molecule has 5 nitrogen and oxygen atoms in total. The van der Waals surface area contributed by atoms with Gasteiger partial charge in [0.25, 0.3) is 0 Å². The number of fused-ring (bicyclic) bond motifs is 4. The van der Waals surface area contributed by atoms with E-state index in [1.165, 1.54) is 28.5 Å². The van der Waals surface area contributed by atoms with Gasteiger partial charge < -0.3 is 20.1 Å². The van der Waals surface area contributed by atoms with E-state index in [1.807, 2.05) is 0 Å². The standard InChI is InChI=1S/C41H48O5/c1-25-38-32(24-42)23-40(41(38,45)46-2)37(44)16-12-26-7-6-8-27(17-26)19-35-34-21-31-18-28(22-39(25,40)33-9-4-3-5-10-33)11-13-29(31)20-30(34)14-15-36(35)43/h6-8,11,13,17-18,20-21,32-33,35-36,38,42-43,45H,1,3-5,9-10,12,14-16,19,22-24H2,2H3/t32-,35+,36-,38+,39+,40-,41-/m0/s1. The van der Waals surface area contributed by atoms with Gasteiger partial charge in [-0.1, -0.05) is 86.0 Å². The number of aliphatic hydroxyl groups is 3. The molecule has 0 saturated heterocycles. The third-order valence-electron chi connectivity index (χ3n) is 13.4. The van der Waals surface area contributed by atoms with Gasteiger partial charge in [0.2, 0.25) is 0 Å². The van der Waals surface area contributed by atoms with Crippen molar-refractivity contribution in [1.29, 1.82) is 0 Å². The van der Waals surface area contributed by atoms with Crippen molar-refractivity contribution in [2.24, 2.45) is 28.6 Å². The molecule has 0 radical (unpaired) electrons. The molecule has 5 aliphatic rings. The maximum Gasteiger partial charge on any atom is 0.185 e. The second-order valence-corrected chi connectivity index (χ2v) is 15.3. The quantitative estimate of drug-likeness (QED) is 0.226. The normalized spacial score (nSPS) is 36.1. The third-order valence-corrected chi connectivity index (χ3v) is 13.4. The van der Waals surface area contributed by atoms with E-state index in [4.69, 9.17) is 11.3 Å². The Morgan fingerprint density at radius 3 is 2.50 bits per heavy atom. The van der Waals surface area contributed by atoms with Gasteiger partial charge in [0.1, 0.15) is 5.78 Å². The Bertz CT molecular complexity index is 1700. The minimum atomic E-state index is -1.72. The van der Waals surface area contributed by atoms with Crippen molar-refractivity contribution >= 4 is 16.6 Å². The Kier molecular flexibility index (Phi) is 7.37. The van der Waals surface area contributed by atoms with E-state index in [2.05, 4.69) is 54.6 Å². The SMILES string of the molecule is C=C1[C@@H]2[C@H](CO)C[C@@]3(C(=O)CCc4cccc(c4)C[C@@H]4c5cc6cc(ccc6cc5CC[C@@H]4O)C[C@]13C1CCCCC1)[C@@]2(O)OC. The molecule has 0 amide bonds. The maximum atomic E-state index is 15.2. The first kappa shape index (κ1) is 30.5. The van der Waals surface area contributed by atoms with E-state index in [0.29, 0.717) is 19.3 Å². The van der Waals surface area contributed by atoms with Gasteiger partial charge in [-0.3, -0.25) is 4.79 Å². The molecule has 0 unspecified atom stereocenters. The highest BCUT2D eigenvalue weighted by Gasteiger charge is 2.82. The van der Waals surface area contributed by atoms with Crippen LogP contribution in [0.1, 0.15) is 85.1 Å². The number of aryl methyl sites for hydroxylation is 2. The van der Waals surface area contributed by atoms with E-state index in [1.54, 1.807) is 7.11 Å². The van der Waals surface area contributed by atoms with Crippen LogP contribution in [0.5, 0.6) is 0 Å². The highest BCUT2D eigenvalue weighted by atomic mass is 16.6. The summed E-state index contributed by atoms with van der Waals surface area (Å²) < 4.78 is 6.16. The molecule has 7 bridgehead atoms. The number of hydrogen-bond donors (Lipinski definition) is 3. The summed E-state index contributed by atoms with van der Waals surface area (Å²) >= 11 is 0. The lowest BCUT2D eigenvalue weighted by Crippen LogP contribution is -2.60. The smallest absolute Gasteiger partial charge is 0.185 e. The van der Waals surface area contributed by atoms with Gasteiger partial charge in [0.05, 0.1) is 11.5 Å². The van der Waals surface area contributed by atoms with Crippen LogP contribution in [0, 0.1) is 28.6 Å². The first-order valence-corrected chi connectivity index (χ1v) is 17.7. The Morgan fingerprint density at radius 1 is 0.913 bits per heavy atom. The van der Waals surface area contributed by atoms with Gasteiger partial charge >= 0.3 is 0 Å². The minimum absolute atomic E-state index is 0.0240. The minimum Gasteiger partial charge on any atom is -0.396 e. The second kappa shape index (κ2) is 11.1. The predicted molar refractivity (Wildman–Crippen MR) is 179 cm³/mol. The molecule has 3 aromatic rings. The van der Waals surface area contributed by atoms with Crippen LogP contribution in [0.25, 0.3) is 10.8 Å². The summed E-state index contributed by atoms with van der Waals surface area (Å²) in [6, 6.07) is 19.9. The number of carbonyl (C=O) groups is 1. The number of aliphatic hydroxyl groups excluding tert-OH is 2. The molecule has 46 heavy (non-hydrogen) atoms. The number of carbonyl (C=O) groups excluding carboxylic acids is 1. The zero-order chi connectivity index (χ0) is 31.8. The third kappa shape index (κ3) is 4.11. The van der Waals surface area contributed by atoms with Crippen LogP contribution in [-0.4, -0.2) is 46.7 Å². The highest BCUT2D eigenvalue weighted by molar-refractivity contribution is 5.90. The van der Waals surface area contributed by atoms with Gasteiger partial charge in [-0.05, 0) is 102 Å². The van der Waals surface area contributed by atoms with E-state index < -0.39 is 28.6 Å². The summed E-state index contributed by atoms with van der Waals surface area (Å²) in [5.41, 5.74) is 4.99. The number of methoxy groups -OCH3 is 1. The molecule has 3 saturated carbocycles. The molecule has 5 heteroatoms. The highest BCUT2D eigenvalue weighted by Crippen LogP contribution is 2.77. The van der Waals surface area contributed by atoms with Crippen molar-refractivity contribution in [3.8, 4) is 0 Å². The van der Waals surface area contributed by atoms with Crippen molar-refractivity contribution in [3.63, 3.8) is 0 Å². The number of benzene rings is 3. The summed E-state index contributed by atoms with van der Waals surface area (Å²) in [5, 5.41) is 37.0. The molecule has 242 valence electrons. The Morgan fingerprint density at radius 2 is 1.72 bits per heavy atom. The summed E-state index contributed by atoms with van der Waals surface area (Å²) in [6.45, 7) is 4.65. The molecule has 0 aromatic heterocycles. The molecular formula is C41H48O5. The van der Waals surface area contributed by atoms with Crippen LogP contribution < -0.4 is 0 Å². The van der Waals surface area contributed by atoms with E-state index in [-0.39, 0.29) is 36.6 Å². The molecule has 3 N–H and O–H groups in total. The molecule has 1 spiro atoms. The number of Topliss-reactive ketones (excluding diaryl/α,β-unsaturated/α-hetero) is 1. The van der Waals surface area contributed by atoms with Crippen molar-refractivity contribution in [3.05, 3.63) is 94.6 Å². The van der Waals surface area contributed by atoms with Gasteiger partial charge in [-0.25, -0.2) is 0 Å². The Balaban J connectivity index is 1.38. The van der Waals surface area contributed by atoms with E-state index >= 15 is 4.79 Å². The molecule has 0 heterocycles. The lowest BCUT2D eigenvalue weighted by Gasteiger charge is -2.55. The summed E-state index contributed by atoms with van der Waals surface area (Å²) in [6.07, 6.45) is 9.24. The summed E-state index contributed by atoms with van der Waals surface area (Å²) in [7, 11) is 1.54. The van der Waals surface area contributed by atoms with Crippen LogP contribution >= 0.6 is 0 Å². The summed E-state index contributed by atoms with van der Waals surface area (Å²) in [5.74, 6) is -2.26. The topological polar surface area (TPSA) is 87.0 Å². The first-order chi connectivity index (χ1) is 22.3. The Hall–Kier alpha value is -2.83. The second-order valence-electron chi connectivity index (χ2n) is 15.3. The fourth-order valence-electron chi connectivity index (χ4n) is 11.5. The lowest BCUT2D eigenvalue weighted by atomic mass is 9.47. The Labute approximate surface area is 272 Å². The van der Waals surface area contributed by atoms with Crippen molar-refractivity contribution in [1.82, 2.24) is 0 Å². The molecule has 3 aromatic carbocycles. The van der Waals surface area contributed by atoms with Crippen molar-refractivity contribution in [2.45, 2.75) is 94.9 Å². The molecular weight excluding hydrogens is 572 g/mol. The molecule has 5 aliphatic carbocycles. The van der Waals surface area contributed by atoms with Crippen LogP contribution in [0.2, 0.25) is 0 Å². The maximum absolute atomic E-state index is 15.2. The molecule has 0 aliphatic heterocycles. The van der Waals surface area contributed by atoms with Gasteiger partial charge in [-0.15, -0.1) is 0 Å². The average Bonchev–Trinajstić information content (AvgIpc) is 3.44. The zero-order valence-corrected chi connectivity index (χ0v) is 27.1. The lowest BCUT2D eigenvalue weighted by molar-refractivity contribution is -0.260. The molecule has 7 atom stereocenters. The average molecular weight is 621 g/mol. The van der Waals surface area contributed by atoms with Gasteiger partial charge in [-0.2, -0.15) is 0 Å². The van der Waals surface area contributed by atoms with E-state index in [9.17, 15) is 15.3 Å². The number of ether oxygens (including phenoxy) is 1. The predicted octanol–water partition coefficient (Wildman–Crippen LogP) is 6.62. The van der Waals surface area contributed by atoms with Crippen LogP contribution in [0.4, 0.5) is 0 Å². The van der Waals surface area contributed by atoms with Crippen LogP contribution in [0.15, 0.2) is 66.7 Å². The number of ketones is 1. The van der Waals surface area contributed by atoms with E-state index in [0.717, 1.165) is 67.0 Å². The van der Waals surface area contributed by atoms with Gasteiger partial charge in [0.15, 0.2) is 5.79 Å². The van der Waals surface area contributed by atoms with Crippen LogP contribution in [-0.2, 0) is 35.2 Å². The zero-order valence-electron chi connectivity index (χ0n) is 27.1. The largest absolute Gasteiger partial charge is 0.396 e. The van der Waals surface area contributed by atoms with Crippen LogP contribution in [0.3, 0.4) is 0 Å². The number of hydrogen-bond acceptors (Lipinski definition) is 5. The van der Waals surface area contributed by atoms with Crippen molar-refractivity contribution in [2.75, 3.05) is 13.7 Å². The summed E-state index contributed by atoms with van der Waals surface area (Å²) in [4.78, 5) is 15.2. The molecule has 8 rings (SSSR count). The fourth-order valence-corrected chi connectivity index (χ4v) is 11.5. The first-order valence-electron chi connectivity index (χ1n) is 17.7. The van der Waals surface area contributed by atoms with Gasteiger partial charge in [0, 0.05) is 37.4 Å². The van der Waals surface area contributed by atoms with Crippen molar-refractivity contribution < 1.29 is 24.9 Å². The number of rotatable bonds is 3. The monoisotopic (exact) mass is 620 g/mol. The molecule has 3 fully saturated rings.